The van der Waals surface area contributed by atoms with Crippen LogP contribution in [0.5, 0.6) is 0 Å². The molecular weight excluding hydrogens is 392 g/mol. The summed E-state index contributed by atoms with van der Waals surface area (Å²) in [6, 6.07) is 9.48. The number of nitrogens with one attached hydrogen (secondary N) is 1. The molecule has 0 radical (unpaired) electrons. The molecule has 1 aliphatic rings. The van der Waals surface area contributed by atoms with Crippen molar-refractivity contribution in [3.8, 4) is 6.07 Å². The van der Waals surface area contributed by atoms with E-state index in [1.807, 2.05) is 38.1 Å². The highest BCUT2D eigenvalue weighted by Gasteiger charge is 2.21. The van der Waals surface area contributed by atoms with Crippen LogP contribution < -0.4 is 10.2 Å². The summed E-state index contributed by atoms with van der Waals surface area (Å²) < 4.78 is 7.26. The first-order valence-corrected chi connectivity index (χ1v) is 10.4. The number of carbonyl (C=O) groups is 2. The summed E-state index contributed by atoms with van der Waals surface area (Å²) in [6.45, 7) is 7.52. The molecule has 31 heavy (non-hydrogen) atoms. The molecule has 1 aromatic heterocycles. The number of nitriles is 1. The van der Waals surface area contributed by atoms with Crippen molar-refractivity contribution < 1.29 is 14.3 Å². The number of rotatable bonds is 6. The van der Waals surface area contributed by atoms with E-state index in [0.717, 1.165) is 41.0 Å². The van der Waals surface area contributed by atoms with Gasteiger partial charge in [0.25, 0.3) is 5.91 Å². The first kappa shape index (κ1) is 22.3. The van der Waals surface area contributed by atoms with Crippen molar-refractivity contribution in [1.29, 1.82) is 5.26 Å². The van der Waals surface area contributed by atoms with Gasteiger partial charge in [-0.15, -0.1) is 0 Å². The van der Waals surface area contributed by atoms with E-state index in [1.54, 1.807) is 31.1 Å². The van der Waals surface area contributed by atoms with Gasteiger partial charge < -0.3 is 19.5 Å². The summed E-state index contributed by atoms with van der Waals surface area (Å²) >= 11 is 0. The van der Waals surface area contributed by atoms with E-state index in [1.165, 1.54) is 0 Å². The van der Waals surface area contributed by atoms with E-state index in [0.29, 0.717) is 25.4 Å². The predicted octanol–water partition coefficient (Wildman–Crippen LogP) is 3.60. The molecule has 0 atom stereocenters. The number of amides is 2. The summed E-state index contributed by atoms with van der Waals surface area (Å²) in [5.41, 5.74) is 5.41. The third-order valence-corrected chi connectivity index (χ3v) is 5.63. The van der Waals surface area contributed by atoms with Crippen molar-refractivity contribution in [1.82, 2.24) is 4.57 Å². The quantitative estimate of drug-likeness (QED) is 0.571. The zero-order valence-corrected chi connectivity index (χ0v) is 18.5. The fourth-order valence-corrected chi connectivity index (χ4v) is 4.01. The lowest BCUT2D eigenvalue weighted by molar-refractivity contribution is -0.116. The van der Waals surface area contributed by atoms with E-state index in [9.17, 15) is 14.9 Å². The maximum Gasteiger partial charge on any atom is 0.266 e. The minimum Gasteiger partial charge on any atom is -0.383 e. The minimum absolute atomic E-state index is 0.00975. The van der Waals surface area contributed by atoms with Crippen molar-refractivity contribution in [2.45, 2.75) is 40.2 Å². The van der Waals surface area contributed by atoms with Crippen LogP contribution in [0.1, 0.15) is 35.9 Å². The van der Waals surface area contributed by atoms with Gasteiger partial charge >= 0.3 is 0 Å². The van der Waals surface area contributed by atoms with Gasteiger partial charge in [0.05, 0.1) is 6.61 Å². The van der Waals surface area contributed by atoms with E-state index in [4.69, 9.17) is 4.74 Å². The summed E-state index contributed by atoms with van der Waals surface area (Å²) in [5, 5.41) is 12.4. The van der Waals surface area contributed by atoms with Crippen LogP contribution in [0.3, 0.4) is 0 Å². The minimum atomic E-state index is -0.455. The molecule has 0 fully saturated rings. The number of ether oxygens (including phenoxy) is 1. The van der Waals surface area contributed by atoms with Gasteiger partial charge in [0.15, 0.2) is 0 Å². The normalized spacial score (nSPS) is 13.5. The van der Waals surface area contributed by atoms with Gasteiger partial charge in [0, 0.05) is 49.9 Å². The monoisotopic (exact) mass is 420 g/mol. The van der Waals surface area contributed by atoms with Gasteiger partial charge in [-0.3, -0.25) is 9.59 Å². The first-order valence-electron chi connectivity index (χ1n) is 10.4. The smallest absolute Gasteiger partial charge is 0.266 e. The fraction of sp³-hybridized carbons (Fsp3) is 0.375. The molecule has 0 unspecified atom stereocenters. The number of anilines is 2. The van der Waals surface area contributed by atoms with E-state index in [-0.39, 0.29) is 11.5 Å². The highest BCUT2D eigenvalue weighted by Crippen LogP contribution is 2.30. The number of nitrogens with zero attached hydrogens (tertiary/aromatic N) is 3. The Balaban J connectivity index is 1.81. The molecule has 2 amide bonds. The van der Waals surface area contributed by atoms with Crippen LogP contribution >= 0.6 is 0 Å². The largest absolute Gasteiger partial charge is 0.383 e. The summed E-state index contributed by atoms with van der Waals surface area (Å²) in [5.74, 6) is -0.445. The Bertz CT molecular complexity index is 1080. The van der Waals surface area contributed by atoms with Crippen LogP contribution in [0.15, 0.2) is 29.8 Å². The molecule has 7 nitrogen and oxygen atoms in total. The number of carbonyl (C=O) groups excluding carboxylic acids is 2. The maximum absolute atomic E-state index is 12.8. The van der Waals surface area contributed by atoms with Gasteiger partial charge in [0.2, 0.25) is 5.91 Å². The molecule has 1 aromatic carbocycles. The van der Waals surface area contributed by atoms with Gasteiger partial charge in [-0.1, -0.05) is 0 Å². The summed E-state index contributed by atoms with van der Waals surface area (Å²) in [7, 11) is 1.66. The highest BCUT2D eigenvalue weighted by atomic mass is 16.5. The number of fused-ring (bicyclic) bond motifs is 1. The van der Waals surface area contributed by atoms with Gasteiger partial charge in [-0.25, -0.2) is 0 Å². The van der Waals surface area contributed by atoms with Gasteiger partial charge in [-0.05, 0) is 68.2 Å². The molecule has 3 rings (SSSR count). The topological polar surface area (TPSA) is 87.4 Å². The molecule has 2 aromatic rings. The van der Waals surface area contributed by atoms with E-state index >= 15 is 0 Å². The molecule has 2 heterocycles. The second-order valence-corrected chi connectivity index (χ2v) is 7.71. The predicted molar refractivity (Wildman–Crippen MR) is 121 cm³/mol. The molecule has 0 aliphatic carbocycles. The summed E-state index contributed by atoms with van der Waals surface area (Å²) in [4.78, 5) is 26.4. The summed E-state index contributed by atoms with van der Waals surface area (Å²) in [6.07, 6.45) is 3.35. The van der Waals surface area contributed by atoms with Crippen molar-refractivity contribution in [2.24, 2.45) is 0 Å². The van der Waals surface area contributed by atoms with Crippen LogP contribution in [0, 0.1) is 25.2 Å². The second kappa shape index (κ2) is 9.63. The third kappa shape index (κ3) is 4.86. The van der Waals surface area contributed by atoms with E-state index < -0.39 is 5.91 Å². The highest BCUT2D eigenvalue weighted by molar-refractivity contribution is 6.10. The Kier molecular flexibility index (Phi) is 6.93. The number of methoxy groups -OCH3 is 1. The molecule has 1 N–H and O–H groups in total. The maximum atomic E-state index is 12.8. The van der Waals surface area contributed by atoms with Crippen molar-refractivity contribution in [3.05, 3.63) is 52.4 Å². The molecule has 162 valence electrons. The SMILES string of the molecule is COCCn1c(C)cc(/C=C(/C#N)C(=O)Nc2ccc3c(c2)CCCN3C(C)=O)c1C. The second-order valence-electron chi connectivity index (χ2n) is 7.71. The van der Waals surface area contributed by atoms with Crippen LogP contribution in [0.4, 0.5) is 11.4 Å². The Hall–Kier alpha value is -3.37. The standard InChI is InChI=1S/C24H28N4O3/c1-16-12-20(17(2)27(16)10-11-31-4)13-21(15-25)24(30)26-22-7-8-23-19(14-22)6-5-9-28(23)18(3)29/h7-8,12-14H,5-6,9-11H2,1-4H3,(H,26,30)/b21-13-. The number of hydrogen-bond donors (Lipinski definition) is 1. The molecule has 7 heteroatoms. The lowest BCUT2D eigenvalue weighted by Crippen LogP contribution is -2.33. The van der Waals surface area contributed by atoms with Crippen molar-refractivity contribution in [3.63, 3.8) is 0 Å². The zero-order valence-electron chi connectivity index (χ0n) is 18.5. The number of hydrogen-bond acceptors (Lipinski definition) is 4. The lowest BCUT2D eigenvalue weighted by Gasteiger charge is -2.28. The van der Waals surface area contributed by atoms with Gasteiger partial charge in [-0.2, -0.15) is 5.26 Å². The van der Waals surface area contributed by atoms with Crippen LogP contribution in [-0.4, -0.2) is 36.6 Å². The zero-order chi connectivity index (χ0) is 22.5. The van der Waals surface area contributed by atoms with Crippen LogP contribution in [0.25, 0.3) is 6.08 Å². The average Bonchev–Trinajstić information content (AvgIpc) is 3.01. The van der Waals surface area contributed by atoms with Crippen molar-refractivity contribution >= 4 is 29.3 Å². The average molecular weight is 421 g/mol. The number of aromatic nitrogens is 1. The molecule has 1 aliphatic heterocycles. The molecule has 0 saturated carbocycles. The molecule has 0 spiro atoms. The number of benzene rings is 1. The molecular formula is C24H28N4O3. The molecule has 0 bridgehead atoms. The van der Waals surface area contributed by atoms with Crippen LogP contribution in [0.2, 0.25) is 0 Å². The molecule has 0 saturated heterocycles. The Labute approximate surface area is 182 Å². The first-order chi connectivity index (χ1) is 14.8. The van der Waals surface area contributed by atoms with Crippen LogP contribution in [-0.2, 0) is 27.3 Å². The third-order valence-electron chi connectivity index (χ3n) is 5.63. The van der Waals surface area contributed by atoms with E-state index in [2.05, 4.69) is 9.88 Å². The fourth-order valence-electron chi connectivity index (χ4n) is 4.01. The lowest BCUT2D eigenvalue weighted by atomic mass is 10.0. The Morgan fingerprint density at radius 2 is 2.06 bits per heavy atom. The Morgan fingerprint density at radius 3 is 2.74 bits per heavy atom. The van der Waals surface area contributed by atoms with Crippen molar-refractivity contribution in [2.75, 3.05) is 30.5 Å². The number of aryl methyl sites for hydroxylation is 2. The van der Waals surface area contributed by atoms with Gasteiger partial charge in [0.1, 0.15) is 11.6 Å². The Morgan fingerprint density at radius 1 is 1.29 bits per heavy atom.